The molecule has 0 aliphatic carbocycles. The Morgan fingerprint density at radius 3 is 2.63 bits per heavy atom. The Bertz CT molecular complexity index is 617. The first-order chi connectivity index (χ1) is 8.95. The number of aryl methyl sites for hydroxylation is 3. The number of benzene rings is 1. The molecule has 0 fully saturated rings. The van der Waals surface area contributed by atoms with Gasteiger partial charge >= 0.3 is 5.97 Å². The summed E-state index contributed by atoms with van der Waals surface area (Å²) in [7, 11) is 0. The van der Waals surface area contributed by atoms with Crippen LogP contribution in [0.2, 0.25) is 0 Å². The van der Waals surface area contributed by atoms with Crippen molar-refractivity contribution >= 4 is 17.3 Å². The molecule has 0 saturated carbocycles. The highest BCUT2D eigenvalue weighted by molar-refractivity contribution is 7.11. The molecule has 1 heterocycles. The number of hydrogen-bond acceptors (Lipinski definition) is 3. The number of thiazole rings is 1. The standard InChI is InChI=1S/C15H17NO2S/c1-9-4-5-12(6-10(9)2)7-14-16-11(3)13(19-14)8-15(17)18/h4-6H,7-8H2,1-3H3,(H,17,18). The lowest BCUT2D eigenvalue weighted by Crippen LogP contribution is -1.99. The van der Waals surface area contributed by atoms with Gasteiger partial charge in [-0.2, -0.15) is 0 Å². The van der Waals surface area contributed by atoms with E-state index in [1.54, 1.807) is 0 Å². The van der Waals surface area contributed by atoms with E-state index in [1.165, 1.54) is 28.0 Å². The second kappa shape index (κ2) is 5.53. The molecule has 0 saturated heterocycles. The number of carboxylic acid groups (broad SMARTS) is 1. The minimum absolute atomic E-state index is 0.0659. The molecule has 3 nitrogen and oxygen atoms in total. The maximum Gasteiger partial charge on any atom is 0.308 e. The number of carboxylic acids is 1. The summed E-state index contributed by atoms with van der Waals surface area (Å²) < 4.78 is 0. The lowest BCUT2D eigenvalue weighted by atomic mass is 10.0. The van der Waals surface area contributed by atoms with Crippen molar-refractivity contribution in [1.29, 1.82) is 0 Å². The quantitative estimate of drug-likeness (QED) is 0.931. The van der Waals surface area contributed by atoms with E-state index < -0.39 is 5.97 Å². The summed E-state index contributed by atoms with van der Waals surface area (Å²) in [5.74, 6) is -0.801. The minimum atomic E-state index is -0.801. The molecule has 0 bridgehead atoms. The van der Waals surface area contributed by atoms with Crippen molar-refractivity contribution in [3.63, 3.8) is 0 Å². The Labute approximate surface area is 116 Å². The van der Waals surface area contributed by atoms with Crippen molar-refractivity contribution in [3.8, 4) is 0 Å². The van der Waals surface area contributed by atoms with Crippen molar-refractivity contribution < 1.29 is 9.90 Å². The molecule has 0 atom stereocenters. The van der Waals surface area contributed by atoms with Gasteiger partial charge in [-0.25, -0.2) is 4.98 Å². The van der Waals surface area contributed by atoms with Gasteiger partial charge in [-0.15, -0.1) is 11.3 Å². The molecule has 0 aliphatic rings. The molecular formula is C15H17NO2S. The molecule has 4 heteroatoms. The van der Waals surface area contributed by atoms with E-state index in [-0.39, 0.29) is 6.42 Å². The van der Waals surface area contributed by atoms with Crippen molar-refractivity contribution in [1.82, 2.24) is 4.98 Å². The van der Waals surface area contributed by atoms with Crippen LogP contribution in [0.4, 0.5) is 0 Å². The van der Waals surface area contributed by atoms with Gasteiger partial charge in [0.25, 0.3) is 0 Å². The molecule has 1 aromatic heterocycles. The van der Waals surface area contributed by atoms with E-state index in [0.717, 1.165) is 22.0 Å². The zero-order valence-corrected chi connectivity index (χ0v) is 12.2. The molecular weight excluding hydrogens is 258 g/mol. The number of aliphatic carboxylic acids is 1. The van der Waals surface area contributed by atoms with Gasteiger partial charge in [-0.3, -0.25) is 4.79 Å². The molecule has 2 aromatic rings. The van der Waals surface area contributed by atoms with Gasteiger partial charge in [0.05, 0.1) is 17.1 Å². The molecule has 0 spiro atoms. The summed E-state index contributed by atoms with van der Waals surface area (Å²) in [4.78, 5) is 16.1. The van der Waals surface area contributed by atoms with Crippen LogP contribution in [0.25, 0.3) is 0 Å². The van der Waals surface area contributed by atoms with Gasteiger partial charge in [0.15, 0.2) is 0 Å². The van der Waals surface area contributed by atoms with E-state index in [0.29, 0.717) is 0 Å². The maximum absolute atomic E-state index is 10.7. The minimum Gasteiger partial charge on any atom is -0.481 e. The number of hydrogen-bond donors (Lipinski definition) is 1. The van der Waals surface area contributed by atoms with Gasteiger partial charge in [0.2, 0.25) is 0 Å². The van der Waals surface area contributed by atoms with E-state index in [4.69, 9.17) is 5.11 Å². The molecule has 1 aromatic carbocycles. The van der Waals surface area contributed by atoms with E-state index in [2.05, 4.69) is 37.0 Å². The third-order valence-electron chi connectivity index (χ3n) is 3.18. The number of rotatable bonds is 4. The molecule has 1 N–H and O–H groups in total. The highest BCUT2D eigenvalue weighted by atomic mass is 32.1. The molecule has 0 aliphatic heterocycles. The average Bonchev–Trinajstić information content (AvgIpc) is 2.64. The monoisotopic (exact) mass is 275 g/mol. The molecule has 0 amide bonds. The largest absolute Gasteiger partial charge is 0.481 e. The number of carbonyl (C=O) groups is 1. The van der Waals surface area contributed by atoms with Crippen LogP contribution in [0.5, 0.6) is 0 Å². The summed E-state index contributed by atoms with van der Waals surface area (Å²) >= 11 is 1.50. The third kappa shape index (κ3) is 3.41. The van der Waals surface area contributed by atoms with Crippen molar-refractivity contribution in [2.75, 3.05) is 0 Å². The van der Waals surface area contributed by atoms with E-state index in [9.17, 15) is 4.79 Å². The highest BCUT2D eigenvalue weighted by Gasteiger charge is 2.11. The molecule has 0 radical (unpaired) electrons. The van der Waals surface area contributed by atoms with Gasteiger partial charge in [-0.05, 0) is 37.5 Å². The SMILES string of the molecule is Cc1ccc(Cc2nc(C)c(CC(=O)O)s2)cc1C. The highest BCUT2D eigenvalue weighted by Crippen LogP contribution is 2.22. The Hall–Kier alpha value is -1.68. The molecule has 19 heavy (non-hydrogen) atoms. The van der Waals surface area contributed by atoms with Gasteiger partial charge in [-0.1, -0.05) is 18.2 Å². The smallest absolute Gasteiger partial charge is 0.308 e. The third-order valence-corrected chi connectivity index (χ3v) is 4.33. The average molecular weight is 275 g/mol. The normalized spacial score (nSPS) is 10.7. The van der Waals surface area contributed by atoms with Crippen molar-refractivity contribution in [2.45, 2.75) is 33.6 Å². The summed E-state index contributed by atoms with van der Waals surface area (Å²) in [5.41, 5.74) is 4.62. The van der Waals surface area contributed by atoms with Crippen molar-refractivity contribution in [3.05, 3.63) is 50.5 Å². The van der Waals surface area contributed by atoms with Gasteiger partial charge < -0.3 is 5.11 Å². The Morgan fingerprint density at radius 2 is 2.00 bits per heavy atom. The van der Waals surface area contributed by atoms with Crippen LogP contribution >= 0.6 is 11.3 Å². The predicted octanol–water partition coefficient (Wildman–Crippen LogP) is 3.29. The second-order valence-corrected chi connectivity index (χ2v) is 5.95. The fourth-order valence-corrected chi connectivity index (χ4v) is 3.05. The first-order valence-electron chi connectivity index (χ1n) is 6.19. The lowest BCUT2D eigenvalue weighted by Gasteiger charge is -2.03. The maximum atomic E-state index is 10.7. The zero-order chi connectivity index (χ0) is 14.0. The Kier molecular flexibility index (Phi) is 4.00. The lowest BCUT2D eigenvalue weighted by molar-refractivity contribution is -0.136. The van der Waals surface area contributed by atoms with Crippen molar-refractivity contribution in [2.24, 2.45) is 0 Å². The topological polar surface area (TPSA) is 50.2 Å². The van der Waals surface area contributed by atoms with Crippen LogP contribution in [0.3, 0.4) is 0 Å². The van der Waals surface area contributed by atoms with Crippen LogP contribution < -0.4 is 0 Å². The van der Waals surface area contributed by atoms with Crippen LogP contribution in [0.1, 0.15) is 32.3 Å². The van der Waals surface area contributed by atoms with Gasteiger partial charge in [0.1, 0.15) is 0 Å². The Morgan fingerprint density at radius 1 is 1.26 bits per heavy atom. The number of aromatic nitrogens is 1. The van der Waals surface area contributed by atoms with Crippen LogP contribution in [0, 0.1) is 20.8 Å². The molecule has 0 unspecified atom stereocenters. The first-order valence-corrected chi connectivity index (χ1v) is 7.00. The van der Waals surface area contributed by atoms with E-state index >= 15 is 0 Å². The number of nitrogens with zero attached hydrogens (tertiary/aromatic N) is 1. The van der Waals surface area contributed by atoms with Gasteiger partial charge in [0, 0.05) is 11.3 Å². The Balaban J connectivity index is 2.19. The van der Waals surface area contributed by atoms with Crippen LogP contribution in [0.15, 0.2) is 18.2 Å². The summed E-state index contributed by atoms with van der Waals surface area (Å²) in [6, 6.07) is 6.39. The summed E-state index contributed by atoms with van der Waals surface area (Å²) in [5, 5.41) is 9.82. The fraction of sp³-hybridized carbons (Fsp3) is 0.333. The molecule has 2 rings (SSSR count). The predicted molar refractivity (Wildman–Crippen MR) is 76.9 cm³/mol. The first kappa shape index (κ1) is 13.7. The summed E-state index contributed by atoms with van der Waals surface area (Å²) in [6.45, 7) is 6.07. The van der Waals surface area contributed by atoms with Crippen LogP contribution in [-0.4, -0.2) is 16.1 Å². The second-order valence-electron chi connectivity index (χ2n) is 4.78. The summed E-state index contributed by atoms with van der Waals surface area (Å²) in [6.07, 6.45) is 0.836. The molecule has 100 valence electrons. The fourth-order valence-electron chi connectivity index (χ4n) is 1.95. The van der Waals surface area contributed by atoms with Crippen LogP contribution in [-0.2, 0) is 17.6 Å². The zero-order valence-electron chi connectivity index (χ0n) is 11.4. The van der Waals surface area contributed by atoms with E-state index in [1.807, 2.05) is 6.92 Å².